The Morgan fingerprint density at radius 2 is 1.79 bits per heavy atom. The van der Waals surface area contributed by atoms with Gasteiger partial charge in [0, 0.05) is 10.6 Å². The normalized spacial score (nSPS) is 12.7. The van der Waals surface area contributed by atoms with Crippen molar-refractivity contribution in [2.75, 3.05) is 5.75 Å². The molecule has 0 aliphatic carbocycles. The lowest BCUT2D eigenvalue weighted by atomic mass is 10.2. The van der Waals surface area contributed by atoms with E-state index in [1.165, 1.54) is 24.3 Å². The molecule has 19 heavy (non-hydrogen) atoms. The molecule has 3 N–H and O–H groups in total. The van der Waals surface area contributed by atoms with Crippen LogP contribution < -0.4 is 5.32 Å². The number of halogens is 1. The van der Waals surface area contributed by atoms with Crippen molar-refractivity contribution in [2.45, 2.75) is 6.04 Å². The molecule has 0 bridgehead atoms. The van der Waals surface area contributed by atoms with E-state index in [1.54, 1.807) is 0 Å². The molecule has 1 unspecified atom stereocenters. The standard InChI is InChI=1S/C10H10ClNO6S/c11-7-3-1-6(2-4-7)9(13)12-8(10(14)15)5-19(16,17)18/h1-4,8H,5H2,(H,12,13)(H,14,15)(H,16,17,18). The van der Waals surface area contributed by atoms with Crippen molar-refractivity contribution in [1.29, 1.82) is 0 Å². The minimum atomic E-state index is -4.52. The molecule has 0 heterocycles. The highest BCUT2D eigenvalue weighted by Crippen LogP contribution is 2.09. The summed E-state index contributed by atoms with van der Waals surface area (Å²) in [6.45, 7) is 0. The van der Waals surface area contributed by atoms with Crippen LogP contribution in [0.3, 0.4) is 0 Å². The van der Waals surface area contributed by atoms with E-state index in [-0.39, 0.29) is 5.56 Å². The fourth-order valence-electron chi connectivity index (χ4n) is 1.23. The fourth-order valence-corrected chi connectivity index (χ4v) is 2.00. The van der Waals surface area contributed by atoms with Gasteiger partial charge in [-0.25, -0.2) is 4.79 Å². The maximum absolute atomic E-state index is 11.7. The molecule has 1 aromatic rings. The molecule has 1 amide bonds. The van der Waals surface area contributed by atoms with Crippen molar-refractivity contribution in [2.24, 2.45) is 0 Å². The van der Waals surface area contributed by atoms with E-state index in [9.17, 15) is 18.0 Å². The molecular formula is C10H10ClNO6S. The van der Waals surface area contributed by atoms with Crippen LogP contribution in [0, 0.1) is 0 Å². The van der Waals surface area contributed by atoms with Crippen LogP contribution in [0.4, 0.5) is 0 Å². The number of amides is 1. The second-order valence-corrected chi connectivity index (χ2v) is 5.55. The second kappa shape index (κ2) is 6.00. The molecule has 0 spiro atoms. The Morgan fingerprint density at radius 1 is 1.26 bits per heavy atom. The summed E-state index contributed by atoms with van der Waals surface area (Å²) >= 11 is 5.62. The molecule has 104 valence electrons. The lowest BCUT2D eigenvalue weighted by molar-refractivity contribution is -0.138. The quantitative estimate of drug-likeness (QED) is 0.678. The zero-order chi connectivity index (χ0) is 14.6. The molecule has 9 heteroatoms. The number of carboxylic acid groups (broad SMARTS) is 1. The van der Waals surface area contributed by atoms with Gasteiger partial charge in [-0.1, -0.05) is 11.6 Å². The van der Waals surface area contributed by atoms with Crippen molar-refractivity contribution in [3.8, 4) is 0 Å². The predicted molar refractivity (Wildman–Crippen MR) is 66.8 cm³/mol. The van der Waals surface area contributed by atoms with Gasteiger partial charge in [0.1, 0.15) is 11.8 Å². The second-order valence-electron chi connectivity index (χ2n) is 3.62. The van der Waals surface area contributed by atoms with E-state index in [0.717, 1.165) is 0 Å². The van der Waals surface area contributed by atoms with Crippen LogP contribution in [0.25, 0.3) is 0 Å². The van der Waals surface area contributed by atoms with Crippen LogP contribution in [0.5, 0.6) is 0 Å². The summed E-state index contributed by atoms with van der Waals surface area (Å²) in [7, 11) is -4.52. The molecule has 0 fully saturated rings. The number of hydrogen-bond donors (Lipinski definition) is 3. The number of carboxylic acids is 1. The zero-order valence-electron chi connectivity index (χ0n) is 9.41. The maximum Gasteiger partial charge on any atom is 0.327 e. The number of hydrogen-bond acceptors (Lipinski definition) is 4. The van der Waals surface area contributed by atoms with Crippen molar-refractivity contribution in [3.63, 3.8) is 0 Å². The average Bonchev–Trinajstić information content (AvgIpc) is 2.27. The molecule has 0 saturated carbocycles. The predicted octanol–water partition coefficient (Wildman–Crippen LogP) is 0.411. The monoisotopic (exact) mass is 307 g/mol. The molecule has 1 rings (SSSR count). The van der Waals surface area contributed by atoms with Gasteiger partial charge >= 0.3 is 5.97 Å². The third-order valence-electron chi connectivity index (χ3n) is 2.09. The molecular weight excluding hydrogens is 298 g/mol. The van der Waals surface area contributed by atoms with Crippen molar-refractivity contribution < 1.29 is 27.7 Å². The first kappa shape index (κ1) is 15.4. The van der Waals surface area contributed by atoms with Crippen molar-refractivity contribution in [1.82, 2.24) is 5.32 Å². The van der Waals surface area contributed by atoms with Crippen molar-refractivity contribution >= 4 is 33.6 Å². The Balaban J connectivity index is 2.82. The third-order valence-corrected chi connectivity index (χ3v) is 3.09. The Labute approximate surface area is 113 Å². The first-order valence-electron chi connectivity index (χ1n) is 4.93. The first-order valence-corrected chi connectivity index (χ1v) is 6.92. The van der Waals surface area contributed by atoms with E-state index in [0.29, 0.717) is 5.02 Å². The van der Waals surface area contributed by atoms with Gasteiger partial charge in [-0.3, -0.25) is 9.35 Å². The number of rotatable bonds is 5. The third kappa shape index (κ3) is 5.25. The number of carbonyl (C=O) groups excluding carboxylic acids is 1. The van der Waals surface area contributed by atoms with Gasteiger partial charge in [0.25, 0.3) is 16.0 Å². The summed E-state index contributed by atoms with van der Waals surface area (Å²) in [5.74, 6) is -3.46. The first-order chi connectivity index (χ1) is 8.69. The Kier molecular flexibility index (Phi) is 4.87. The lowest BCUT2D eigenvalue weighted by Gasteiger charge is -2.12. The Morgan fingerprint density at radius 3 is 2.21 bits per heavy atom. The van der Waals surface area contributed by atoms with Gasteiger partial charge in [0.2, 0.25) is 0 Å². The van der Waals surface area contributed by atoms with E-state index < -0.39 is 33.8 Å². The molecule has 0 saturated heterocycles. The van der Waals surface area contributed by atoms with E-state index >= 15 is 0 Å². The molecule has 0 aliphatic rings. The molecule has 1 aromatic carbocycles. The van der Waals surface area contributed by atoms with Gasteiger partial charge in [-0.2, -0.15) is 8.42 Å². The summed E-state index contributed by atoms with van der Waals surface area (Å²) in [6.07, 6.45) is 0. The van der Waals surface area contributed by atoms with Crippen molar-refractivity contribution in [3.05, 3.63) is 34.9 Å². The van der Waals surface area contributed by atoms with E-state index in [1.807, 2.05) is 5.32 Å². The maximum atomic E-state index is 11.7. The highest BCUT2D eigenvalue weighted by molar-refractivity contribution is 7.85. The van der Waals surface area contributed by atoms with Crippen LogP contribution in [0.2, 0.25) is 5.02 Å². The Hall–Kier alpha value is -1.64. The summed E-state index contributed by atoms with van der Waals surface area (Å²) < 4.78 is 29.9. The summed E-state index contributed by atoms with van der Waals surface area (Å²) in [4.78, 5) is 22.4. The van der Waals surface area contributed by atoms with E-state index in [4.69, 9.17) is 21.3 Å². The number of aliphatic carboxylic acids is 1. The minimum absolute atomic E-state index is 0.117. The van der Waals surface area contributed by atoms with E-state index in [2.05, 4.69) is 0 Å². The fraction of sp³-hybridized carbons (Fsp3) is 0.200. The highest BCUT2D eigenvalue weighted by atomic mass is 35.5. The number of benzene rings is 1. The highest BCUT2D eigenvalue weighted by Gasteiger charge is 2.26. The SMILES string of the molecule is O=C(NC(CS(=O)(=O)O)C(=O)O)c1ccc(Cl)cc1. The van der Waals surface area contributed by atoms with Gasteiger partial charge in [-0.05, 0) is 24.3 Å². The topological polar surface area (TPSA) is 121 Å². The smallest absolute Gasteiger partial charge is 0.327 e. The number of carbonyl (C=O) groups is 2. The van der Waals surface area contributed by atoms with Crippen LogP contribution in [-0.4, -0.2) is 41.7 Å². The minimum Gasteiger partial charge on any atom is -0.480 e. The van der Waals surface area contributed by atoms with Crippen LogP contribution >= 0.6 is 11.6 Å². The summed E-state index contributed by atoms with van der Waals surface area (Å²) in [6, 6.07) is 3.82. The molecule has 1 atom stereocenters. The molecule has 0 aromatic heterocycles. The van der Waals surface area contributed by atoms with Crippen LogP contribution in [-0.2, 0) is 14.9 Å². The van der Waals surface area contributed by atoms with Crippen LogP contribution in [0.1, 0.15) is 10.4 Å². The Bertz CT molecular complexity index is 583. The largest absolute Gasteiger partial charge is 0.480 e. The van der Waals surface area contributed by atoms with Crippen LogP contribution in [0.15, 0.2) is 24.3 Å². The molecule has 0 radical (unpaired) electrons. The number of nitrogens with one attached hydrogen (secondary N) is 1. The summed E-state index contributed by atoms with van der Waals surface area (Å²) in [5.41, 5.74) is 0.117. The molecule has 7 nitrogen and oxygen atoms in total. The van der Waals surface area contributed by atoms with Gasteiger partial charge in [-0.15, -0.1) is 0 Å². The summed E-state index contributed by atoms with van der Waals surface area (Å²) in [5, 5.41) is 11.1. The van der Waals surface area contributed by atoms with Gasteiger partial charge in [0.05, 0.1) is 0 Å². The average molecular weight is 308 g/mol. The molecule has 0 aliphatic heterocycles. The zero-order valence-corrected chi connectivity index (χ0v) is 11.0. The van der Waals surface area contributed by atoms with Gasteiger partial charge < -0.3 is 10.4 Å². The lowest BCUT2D eigenvalue weighted by Crippen LogP contribution is -2.45. The van der Waals surface area contributed by atoms with Gasteiger partial charge in [0.15, 0.2) is 0 Å².